The molecule has 1 aliphatic rings. The van der Waals surface area contributed by atoms with Gasteiger partial charge < -0.3 is 10.3 Å². The summed E-state index contributed by atoms with van der Waals surface area (Å²) in [6.45, 7) is 3.21. The van der Waals surface area contributed by atoms with E-state index in [0.717, 1.165) is 24.0 Å². The first-order chi connectivity index (χ1) is 9.24. The van der Waals surface area contributed by atoms with Gasteiger partial charge in [-0.1, -0.05) is 24.4 Å². The normalized spacial score (nSPS) is 16.5. The Morgan fingerprint density at radius 1 is 1.32 bits per heavy atom. The van der Waals surface area contributed by atoms with Crippen LogP contribution in [0.2, 0.25) is 5.02 Å². The molecular formula is C16H21ClN2. The van der Waals surface area contributed by atoms with Crippen molar-refractivity contribution in [3.8, 4) is 0 Å². The summed E-state index contributed by atoms with van der Waals surface area (Å²) >= 11 is 6.11. The molecule has 0 amide bonds. The topological polar surface area (TPSA) is 27.8 Å². The zero-order chi connectivity index (χ0) is 13.2. The minimum absolute atomic E-state index is 0.745. The monoisotopic (exact) mass is 276 g/mol. The van der Waals surface area contributed by atoms with Crippen molar-refractivity contribution >= 4 is 22.5 Å². The predicted molar refractivity (Wildman–Crippen MR) is 82.0 cm³/mol. The molecule has 2 aromatic rings. The molecule has 0 atom stereocenters. The number of hydrogen-bond donors (Lipinski definition) is 2. The lowest BCUT2D eigenvalue weighted by molar-refractivity contribution is 0.528. The molecule has 1 aromatic carbocycles. The van der Waals surface area contributed by atoms with Crippen molar-refractivity contribution in [3.63, 3.8) is 0 Å². The van der Waals surface area contributed by atoms with E-state index in [0.29, 0.717) is 0 Å². The van der Waals surface area contributed by atoms with E-state index in [1.807, 2.05) is 6.07 Å². The summed E-state index contributed by atoms with van der Waals surface area (Å²) in [5, 5.41) is 5.77. The molecule has 1 aliphatic carbocycles. The highest BCUT2D eigenvalue weighted by molar-refractivity contribution is 6.31. The molecule has 0 saturated heterocycles. The Balaban J connectivity index is 1.72. The van der Waals surface area contributed by atoms with Crippen LogP contribution in [0.4, 0.5) is 0 Å². The van der Waals surface area contributed by atoms with Gasteiger partial charge in [0.25, 0.3) is 0 Å². The van der Waals surface area contributed by atoms with Crippen molar-refractivity contribution in [1.29, 1.82) is 0 Å². The average Bonchev–Trinajstić information content (AvgIpc) is 2.99. The number of nitrogens with one attached hydrogen (secondary N) is 2. The lowest BCUT2D eigenvalue weighted by Gasteiger charge is -2.11. The van der Waals surface area contributed by atoms with Crippen molar-refractivity contribution in [2.24, 2.45) is 0 Å². The molecule has 0 aliphatic heterocycles. The van der Waals surface area contributed by atoms with Crippen LogP contribution in [0.3, 0.4) is 0 Å². The number of aryl methyl sites for hydroxylation is 1. The zero-order valence-corrected chi connectivity index (χ0v) is 12.2. The molecule has 102 valence electrons. The lowest BCUT2D eigenvalue weighted by atomic mass is 10.1. The third kappa shape index (κ3) is 2.80. The fraction of sp³-hybridized carbons (Fsp3) is 0.500. The molecule has 0 bridgehead atoms. The molecule has 2 nitrogen and oxygen atoms in total. The van der Waals surface area contributed by atoms with Crippen LogP contribution < -0.4 is 5.32 Å². The first kappa shape index (κ1) is 13.0. The zero-order valence-electron chi connectivity index (χ0n) is 11.4. The van der Waals surface area contributed by atoms with E-state index < -0.39 is 0 Å². The maximum Gasteiger partial charge on any atom is 0.0459 e. The molecule has 19 heavy (non-hydrogen) atoms. The largest absolute Gasteiger partial charge is 0.358 e. The van der Waals surface area contributed by atoms with E-state index in [4.69, 9.17) is 11.6 Å². The third-order valence-corrected chi connectivity index (χ3v) is 4.48. The number of aromatic nitrogens is 1. The Morgan fingerprint density at radius 2 is 2.11 bits per heavy atom. The van der Waals surface area contributed by atoms with Crippen LogP contribution >= 0.6 is 11.6 Å². The fourth-order valence-corrected chi connectivity index (χ4v) is 3.38. The second-order valence-electron chi connectivity index (χ2n) is 5.60. The van der Waals surface area contributed by atoms with Crippen LogP contribution in [-0.2, 0) is 6.42 Å². The van der Waals surface area contributed by atoms with Gasteiger partial charge in [0.15, 0.2) is 0 Å². The van der Waals surface area contributed by atoms with Crippen LogP contribution in [0.15, 0.2) is 18.2 Å². The predicted octanol–water partition coefficient (Wildman–Crippen LogP) is 4.20. The van der Waals surface area contributed by atoms with Gasteiger partial charge in [-0.3, -0.25) is 0 Å². The lowest BCUT2D eigenvalue weighted by Crippen LogP contribution is -2.28. The first-order valence-electron chi connectivity index (χ1n) is 7.24. The van der Waals surface area contributed by atoms with Gasteiger partial charge >= 0.3 is 0 Å². The highest BCUT2D eigenvalue weighted by Crippen LogP contribution is 2.25. The van der Waals surface area contributed by atoms with Crippen LogP contribution in [0.25, 0.3) is 10.9 Å². The van der Waals surface area contributed by atoms with Crippen LogP contribution in [0.5, 0.6) is 0 Å². The minimum atomic E-state index is 0.745. The number of fused-ring (bicyclic) bond motifs is 1. The molecule has 2 N–H and O–H groups in total. The van der Waals surface area contributed by atoms with E-state index in [1.54, 1.807) is 0 Å². The Kier molecular flexibility index (Phi) is 3.81. The van der Waals surface area contributed by atoms with Crippen molar-refractivity contribution in [2.45, 2.75) is 45.1 Å². The summed E-state index contributed by atoms with van der Waals surface area (Å²) in [6.07, 6.45) is 6.54. The summed E-state index contributed by atoms with van der Waals surface area (Å²) < 4.78 is 0. The molecule has 1 aromatic heterocycles. The van der Waals surface area contributed by atoms with Crippen molar-refractivity contribution in [3.05, 3.63) is 34.5 Å². The molecule has 0 unspecified atom stereocenters. The molecule has 1 fully saturated rings. The smallest absolute Gasteiger partial charge is 0.0459 e. The SMILES string of the molecule is Cc1[nH]c2ccc(Cl)cc2c1CCNC1CCCC1. The Hall–Kier alpha value is -0.990. The van der Waals surface area contributed by atoms with Crippen molar-refractivity contribution in [2.75, 3.05) is 6.54 Å². The van der Waals surface area contributed by atoms with E-state index in [2.05, 4.69) is 29.4 Å². The van der Waals surface area contributed by atoms with E-state index in [-0.39, 0.29) is 0 Å². The average molecular weight is 277 g/mol. The molecule has 0 radical (unpaired) electrons. The summed E-state index contributed by atoms with van der Waals surface area (Å²) in [4.78, 5) is 3.45. The summed E-state index contributed by atoms with van der Waals surface area (Å²) in [5.74, 6) is 0. The fourth-order valence-electron chi connectivity index (χ4n) is 3.21. The highest BCUT2D eigenvalue weighted by atomic mass is 35.5. The standard InChI is InChI=1S/C16H21ClN2/c1-11-14(8-9-18-13-4-2-3-5-13)15-10-12(17)6-7-16(15)19-11/h6-7,10,13,18-19H,2-5,8-9H2,1H3. The molecule has 1 heterocycles. The van der Waals surface area contributed by atoms with Gasteiger partial charge in [-0.2, -0.15) is 0 Å². The van der Waals surface area contributed by atoms with Gasteiger partial charge in [-0.25, -0.2) is 0 Å². The number of halogens is 1. The van der Waals surface area contributed by atoms with Gasteiger partial charge in [0.2, 0.25) is 0 Å². The van der Waals surface area contributed by atoms with Crippen LogP contribution in [0.1, 0.15) is 36.9 Å². The maximum atomic E-state index is 6.11. The summed E-state index contributed by atoms with van der Waals surface area (Å²) in [6, 6.07) is 6.83. The summed E-state index contributed by atoms with van der Waals surface area (Å²) in [7, 11) is 0. The van der Waals surface area contributed by atoms with Gasteiger partial charge in [-0.05, 0) is 56.5 Å². The van der Waals surface area contributed by atoms with Crippen LogP contribution in [-0.4, -0.2) is 17.6 Å². The Labute approximate surface area is 119 Å². The second-order valence-corrected chi connectivity index (χ2v) is 6.04. The van der Waals surface area contributed by atoms with E-state index >= 15 is 0 Å². The molecule has 0 spiro atoms. The minimum Gasteiger partial charge on any atom is -0.358 e. The van der Waals surface area contributed by atoms with E-state index in [1.165, 1.54) is 47.8 Å². The number of rotatable bonds is 4. The molecular weight excluding hydrogens is 256 g/mol. The number of hydrogen-bond acceptors (Lipinski definition) is 1. The van der Waals surface area contributed by atoms with Crippen molar-refractivity contribution < 1.29 is 0 Å². The maximum absolute atomic E-state index is 6.11. The second kappa shape index (κ2) is 5.56. The van der Waals surface area contributed by atoms with Crippen LogP contribution in [0, 0.1) is 6.92 Å². The Morgan fingerprint density at radius 3 is 2.89 bits per heavy atom. The molecule has 3 rings (SSSR count). The quantitative estimate of drug-likeness (QED) is 0.860. The molecule has 1 saturated carbocycles. The van der Waals surface area contributed by atoms with Gasteiger partial charge in [0.05, 0.1) is 0 Å². The van der Waals surface area contributed by atoms with E-state index in [9.17, 15) is 0 Å². The Bertz CT molecular complexity index is 567. The first-order valence-corrected chi connectivity index (χ1v) is 7.62. The van der Waals surface area contributed by atoms with Crippen molar-refractivity contribution in [1.82, 2.24) is 10.3 Å². The number of aromatic amines is 1. The molecule has 3 heteroatoms. The van der Waals surface area contributed by atoms with Gasteiger partial charge in [0.1, 0.15) is 0 Å². The number of H-pyrrole nitrogens is 1. The third-order valence-electron chi connectivity index (χ3n) is 4.24. The van der Waals surface area contributed by atoms with Gasteiger partial charge in [-0.15, -0.1) is 0 Å². The number of benzene rings is 1. The highest BCUT2D eigenvalue weighted by Gasteiger charge is 2.14. The summed E-state index contributed by atoms with van der Waals surface area (Å²) in [5.41, 5.74) is 3.87. The van der Waals surface area contributed by atoms with Gasteiger partial charge in [0, 0.05) is 27.7 Å².